The third-order valence-corrected chi connectivity index (χ3v) is 3.83. The molecule has 0 saturated heterocycles. The number of hydrogen-bond donors (Lipinski definition) is 1. The fourth-order valence-electron chi connectivity index (χ4n) is 2.50. The van der Waals surface area contributed by atoms with Crippen LogP contribution in [-0.2, 0) is 13.0 Å². The first-order valence-electron chi connectivity index (χ1n) is 6.11. The highest BCUT2D eigenvalue weighted by atomic mass is 35.5. The molecule has 2 nitrogen and oxygen atoms in total. The second kappa shape index (κ2) is 4.54. The summed E-state index contributed by atoms with van der Waals surface area (Å²) >= 11 is 6.08. The van der Waals surface area contributed by atoms with E-state index in [1.54, 1.807) is 0 Å². The predicted molar refractivity (Wildman–Crippen MR) is 77.1 cm³/mol. The molecule has 0 atom stereocenters. The average molecular weight is 259 g/mol. The molecule has 2 aromatic rings. The van der Waals surface area contributed by atoms with Gasteiger partial charge in [-0.3, -0.25) is 0 Å². The second-order valence-electron chi connectivity index (χ2n) is 4.61. The fraction of sp³-hybridized carbons (Fsp3) is 0.200. The lowest BCUT2D eigenvalue weighted by atomic mass is 9.99. The van der Waals surface area contributed by atoms with Crippen molar-refractivity contribution >= 4 is 23.0 Å². The molecule has 92 valence electrons. The molecule has 0 radical (unpaired) electrons. The van der Waals surface area contributed by atoms with Crippen molar-refractivity contribution in [3.63, 3.8) is 0 Å². The minimum absolute atomic E-state index is 0.631. The lowest BCUT2D eigenvalue weighted by Crippen LogP contribution is -2.30. The van der Waals surface area contributed by atoms with Crippen molar-refractivity contribution in [2.75, 3.05) is 17.2 Å². The second-order valence-corrected chi connectivity index (χ2v) is 5.02. The molecule has 1 aliphatic heterocycles. The van der Waals surface area contributed by atoms with Crippen molar-refractivity contribution in [2.24, 2.45) is 0 Å². The molecule has 18 heavy (non-hydrogen) atoms. The quantitative estimate of drug-likeness (QED) is 0.794. The van der Waals surface area contributed by atoms with E-state index < -0.39 is 0 Å². The number of anilines is 2. The van der Waals surface area contributed by atoms with Crippen LogP contribution >= 0.6 is 11.6 Å². The largest absolute Gasteiger partial charge is 0.396 e. The van der Waals surface area contributed by atoms with Gasteiger partial charge in [0.2, 0.25) is 0 Å². The van der Waals surface area contributed by atoms with Crippen LogP contribution < -0.4 is 10.6 Å². The van der Waals surface area contributed by atoms with Gasteiger partial charge in [0, 0.05) is 13.1 Å². The predicted octanol–water partition coefficient (Wildman–Crippen LogP) is 3.48. The summed E-state index contributed by atoms with van der Waals surface area (Å²) in [6.45, 7) is 1.89. The summed E-state index contributed by atoms with van der Waals surface area (Å²) in [5, 5.41) is 0.631. The van der Waals surface area contributed by atoms with E-state index in [0.717, 1.165) is 25.2 Å². The molecule has 0 saturated carbocycles. The number of halogens is 1. The van der Waals surface area contributed by atoms with Gasteiger partial charge in [0.25, 0.3) is 0 Å². The Morgan fingerprint density at radius 3 is 2.61 bits per heavy atom. The first-order valence-corrected chi connectivity index (χ1v) is 6.49. The molecule has 0 unspecified atom stereocenters. The number of fused-ring (bicyclic) bond motifs is 1. The highest BCUT2D eigenvalue weighted by molar-refractivity contribution is 6.33. The monoisotopic (exact) mass is 258 g/mol. The van der Waals surface area contributed by atoms with Crippen molar-refractivity contribution in [1.29, 1.82) is 0 Å². The van der Waals surface area contributed by atoms with Crippen LogP contribution in [0.25, 0.3) is 0 Å². The van der Waals surface area contributed by atoms with Gasteiger partial charge in [0.05, 0.1) is 16.4 Å². The number of hydrogen-bond acceptors (Lipinski definition) is 2. The first kappa shape index (κ1) is 11.4. The molecule has 0 fully saturated rings. The van der Waals surface area contributed by atoms with Gasteiger partial charge in [-0.15, -0.1) is 0 Å². The molecule has 2 N–H and O–H groups in total. The summed E-state index contributed by atoms with van der Waals surface area (Å²) in [6.07, 6.45) is 1.06. The zero-order valence-electron chi connectivity index (χ0n) is 10.1. The third-order valence-electron chi connectivity index (χ3n) is 3.50. The van der Waals surface area contributed by atoms with Gasteiger partial charge in [-0.05, 0) is 29.7 Å². The number of nitrogens with two attached hydrogens (primary N) is 1. The van der Waals surface area contributed by atoms with Crippen LogP contribution in [0.4, 0.5) is 11.4 Å². The van der Waals surface area contributed by atoms with E-state index in [-0.39, 0.29) is 0 Å². The summed E-state index contributed by atoms with van der Waals surface area (Å²) in [4.78, 5) is 2.30. The van der Waals surface area contributed by atoms with Crippen molar-refractivity contribution in [3.8, 4) is 0 Å². The zero-order valence-corrected chi connectivity index (χ0v) is 10.8. The van der Waals surface area contributed by atoms with E-state index in [4.69, 9.17) is 17.3 Å². The Hall–Kier alpha value is -1.67. The summed E-state index contributed by atoms with van der Waals surface area (Å²) < 4.78 is 0. The molecule has 0 aromatic heterocycles. The highest BCUT2D eigenvalue weighted by Crippen LogP contribution is 2.33. The Labute approximate surface area is 112 Å². The third kappa shape index (κ3) is 1.93. The molecular formula is C15H15ClN2. The molecule has 0 amide bonds. The van der Waals surface area contributed by atoms with Crippen LogP contribution in [0, 0.1) is 0 Å². The van der Waals surface area contributed by atoms with E-state index in [1.807, 2.05) is 18.2 Å². The van der Waals surface area contributed by atoms with Gasteiger partial charge in [-0.25, -0.2) is 0 Å². The number of rotatable bonds is 1. The van der Waals surface area contributed by atoms with Crippen LogP contribution in [0.2, 0.25) is 5.02 Å². The summed E-state index contributed by atoms with van der Waals surface area (Å²) in [5.41, 5.74) is 10.6. The Balaban J connectivity index is 1.94. The molecule has 0 spiro atoms. The van der Waals surface area contributed by atoms with Crippen molar-refractivity contribution in [1.82, 2.24) is 0 Å². The van der Waals surface area contributed by atoms with Crippen molar-refractivity contribution < 1.29 is 0 Å². The molecular weight excluding hydrogens is 244 g/mol. The summed E-state index contributed by atoms with van der Waals surface area (Å²) in [6, 6.07) is 14.4. The van der Waals surface area contributed by atoms with E-state index in [9.17, 15) is 0 Å². The minimum Gasteiger partial charge on any atom is -0.396 e. The SMILES string of the molecule is Nc1c(Cl)cccc1N1CCc2ccccc2C1. The Bertz CT molecular complexity index is 580. The van der Waals surface area contributed by atoms with Gasteiger partial charge < -0.3 is 10.6 Å². The standard InChI is InChI=1S/C15H15ClN2/c16-13-6-3-7-14(15(13)17)18-9-8-11-4-1-2-5-12(11)10-18/h1-7H,8-10,17H2. The molecule has 3 rings (SSSR count). The van der Waals surface area contributed by atoms with E-state index in [2.05, 4.69) is 29.2 Å². The van der Waals surface area contributed by atoms with Gasteiger partial charge in [0.1, 0.15) is 0 Å². The van der Waals surface area contributed by atoms with Gasteiger partial charge in [0.15, 0.2) is 0 Å². The van der Waals surface area contributed by atoms with E-state index >= 15 is 0 Å². The van der Waals surface area contributed by atoms with Crippen molar-refractivity contribution in [2.45, 2.75) is 13.0 Å². The van der Waals surface area contributed by atoms with E-state index in [0.29, 0.717) is 10.7 Å². The van der Waals surface area contributed by atoms with Gasteiger partial charge in [-0.2, -0.15) is 0 Å². The van der Waals surface area contributed by atoms with Gasteiger partial charge in [-0.1, -0.05) is 41.9 Å². The molecule has 3 heteroatoms. The Morgan fingerprint density at radius 1 is 1.00 bits per heavy atom. The smallest absolute Gasteiger partial charge is 0.0741 e. The average Bonchev–Trinajstić information content (AvgIpc) is 2.41. The molecule has 0 bridgehead atoms. The normalized spacial score (nSPS) is 14.4. The summed E-state index contributed by atoms with van der Waals surface area (Å²) in [7, 11) is 0. The topological polar surface area (TPSA) is 29.3 Å². The maximum absolute atomic E-state index is 6.08. The fourth-order valence-corrected chi connectivity index (χ4v) is 2.67. The lowest BCUT2D eigenvalue weighted by Gasteiger charge is -2.31. The maximum atomic E-state index is 6.08. The first-order chi connectivity index (χ1) is 8.75. The number of nitrogen functional groups attached to an aromatic ring is 1. The number of nitrogens with zero attached hydrogens (tertiary/aromatic N) is 1. The van der Waals surface area contributed by atoms with Gasteiger partial charge >= 0.3 is 0 Å². The van der Waals surface area contributed by atoms with Crippen LogP contribution in [0.1, 0.15) is 11.1 Å². The molecule has 2 aromatic carbocycles. The van der Waals surface area contributed by atoms with E-state index in [1.165, 1.54) is 11.1 Å². The summed E-state index contributed by atoms with van der Waals surface area (Å²) in [5.74, 6) is 0. The highest BCUT2D eigenvalue weighted by Gasteiger charge is 2.18. The maximum Gasteiger partial charge on any atom is 0.0741 e. The van der Waals surface area contributed by atoms with Crippen LogP contribution in [0.5, 0.6) is 0 Å². The Kier molecular flexibility index (Phi) is 2.88. The molecule has 1 heterocycles. The lowest BCUT2D eigenvalue weighted by molar-refractivity contribution is 0.733. The van der Waals surface area contributed by atoms with Crippen LogP contribution in [0.15, 0.2) is 42.5 Å². The molecule has 0 aliphatic carbocycles. The van der Waals surface area contributed by atoms with Crippen LogP contribution in [-0.4, -0.2) is 6.54 Å². The van der Waals surface area contributed by atoms with Crippen LogP contribution in [0.3, 0.4) is 0 Å². The number of benzene rings is 2. The zero-order chi connectivity index (χ0) is 12.5. The number of para-hydroxylation sites is 1. The van der Waals surface area contributed by atoms with Crippen molar-refractivity contribution in [3.05, 3.63) is 58.6 Å². The minimum atomic E-state index is 0.631. The molecule has 1 aliphatic rings. The Morgan fingerprint density at radius 2 is 1.78 bits per heavy atom.